The second-order valence-electron chi connectivity index (χ2n) is 5.78. The second kappa shape index (κ2) is 8.29. The first kappa shape index (κ1) is 17.7. The Morgan fingerprint density at radius 3 is 2.38 bits per heavy atom. The van der Waals surface area contributed by atoms with Crippen molar-refractivity contribution in [3.63, 3.8) is 0 Å². The molecule has 24 heavy (non-hydrogen) atoms. The lowest BCUT2D eigenvalue weighted by Gasteiger charge is -2.14. The average Bonchev–Trinajstić information content (AvgIpc) is 2.58. The first-order valence-corrected chi connectivity index (χ1v) is 7.81. The zero-order chi connectivity index (χ0) is 17.5. The van der Waals surface area contributed by atoms with Gasteiger partial charge in [0.05, 0.1) is 0 Å². The van der Waals surface area contributed by atoms with Crippen molar-refractivity contribution in [2.24, 2.45) is 4.99 Å². The van der Waals surface area contributed by atoms with Gasteiger partial charge in [0.2, 0.25) is 0 Å². The molecule has 0 saturated heterocycles. The largest absolute Gasteiger partial charge is 0.363 e. The van der Waals surface area contributed by atoms with Gasteiger partial charge in [-0.2, -0.15) is 0 Å². The van der Waals surface area contributed by atoms with Crippen LogP contribution in [0.5, 0.6) is 0 Å². The van der Waals surface area contributed by atoms with E-state index in [9.17, 15) is 4.39 Å². The van der Waals surface area contributed by atoms with Crippen LogP contribution in [0.15, 0.2) is 41.5 Å². The minimum atomic E-state index is -0.185. The lowest BCUT2D eigenvalue weighted by atomic mass is 10.1. The molecular weight excluding hydrogens is 305 g/mol. The molecule has 0 unspecified atom stereocenters. The Bertz CT molecular complexity index is 712. The van der Waals surface area contributed by atoms with Crippen molar-refractivity contribution in [3.05, 3.63) is 59.0 Å². The molecule has 2 rings (SSSR count). The lowest BCUT2D eigenvalue weighted by Crippen LogP contribution is -2.36. The van der Waals surface area contributed by atoms with Crippen molar-refractivity contribution in [2.45, 2.75) is 20.0 Å². The Hall–Kier alpha value is -2.63. The molecule has 0 atom stereocenters. The SMILES string of the molecule is CN=C(NCc1ccnc(N(C)C)c1)NCc1ccc(F)c(C)c1. The fraction of sp³-hybridized carbons (Fsp3) is 0.333. The molecule has 0 amide bonds. The third kappa shape index (κ3) is 4.94. The van der Waals surface area contributed by atoms with Crippen LogP contribution >= 0.6 is 0 Å². The molecule has 1 heterocycles. The van der Waals surface area contributed by atoms with E-state index in [4.69, 9.17) is 0 Å². The topological polar surface area (TPSA) is 52.6 Å². The van der Waals surface area contributed by atoms with E-state index in [1.165, 1.54) is 6.07 Å². The van der Waals surface area contributed by atoms with Crippen molar-refractivity contribution in [2.75, 3.05) is 26.0 Å². The number of aryl methyl sites for hydroxylation is 1. The zero-order valence-corrected chi connectivity index (χ0v) is 14.6. The van der Waals surface area contributed by atoms with Crippen LogP contribution in [-0.4, -0.2) is 32.1 Å². The summed E-state index contributed by atoms with van der Waals surface area (Å²) in [6.07, 6.45) is 1.80. The highest BCUT2D eigenvalue weighted by Gasteiger charge is 2.03. The molecule has 0 aliphatic heterocycles. The molecule has 0 saturated carbocycles. The third-order valence-corrected chi connectivity index (χ3v) is 3.63. The number of hydrogen-bond donors (Lipinski definition) is 2. The van der Waals surface area contributed by atoms with Crippen molar-refractivity contribution in [1.82, 2.24) is 15.6 Å². The number of benzene rings is 1. The molecular formula is C18H24FN5. The van der Waals surface area contributed by atoms with E-state index in [-0.39, 0.29) is 5.82 Å². The Labute approximate surface area is 142 Å². The molecule has 5 nitrogen and oxygen atoms in total. The summed E-state index contributed by atoms with van der Waals surface area (Å²) in [4.78, 5) is 10.5. The van der Waals surface area contributed by atoms with Crippen molar-refractivity contribution >= 4 is 11.8 Å². The molecule has 0 radical (unpaired) electrons. The monoisotopic (exact) mass is 329 g/mol. The fourth-order valence-electron chi connectivity index (χ4n) is 2.22. The highest BCUT2D eigenvalue weighted by atomic mass is 19.1. The molecule has 1 aromatic carbocycles. The van der Waals surface area contributed by atoms with Crippen LogP contribution in [0, 0.1) is 12.7 Å². The predicted molar refractivity (Wildman–Crippen MR) is 96.7 cm³/mol. The van der Waals surface area contributed by atoms with Crippen molar-refractivity contribution in [3.8, 4) is 0 Å². The van der Waals surface area contributed by atoms with E-state index in [0.717, 1.165) is 16.9 Å². The first-order chi connectivity index (χ1) is 11.5. The molecule has 0 spiro atoms. The minimum Gasteiger partial charge on any atom is -0.363 e. The quantitative estimate of drug-likeness (QED) is 0.654. The van der Waals surface area contributed by atoms with E-state index in [1.807, 2.05) is 37.2 Å². The van der Waals surface area contributed by atoms with Crippen LogP contribution in [0.4, 0.5) is 10.2 Å². The number of aromatic nitrogens is 1. The normalized spacial score (nSPS) is 11.3. The summed E-state index contributed by atoms with van der Waals surface area (Å²) >= 11 is 0. The predicted octanol–water partition coefficient (Wildman–Crippen LogP) is 2.46. The van der Waals surface area contributed by atoms with Gasteiger partial charge in [0.1, 0.15) is 11.6 Å². The van der Waals surface area contributed by atoms with Gasteiger partial charge >= 0.3 is 0 Å². The number of rotatable bonds is 5. The molecule has 6 heteroatoms. The van der Waals surface area contributed by atoms with E-state index >= 15 is 0 Å². The van der Waals surface area contributed by atoms with Crippen molar-refractivity contribution in [1.29, 1.82) is 0 Å². The molecule has 2 aromatic rings. The molecule has 0 aliphatic rings. The van der Waals surface area contributed by atoms with Gasteiger partial charge in [-0.05, 0) is 41.8 Å². The summed E-state index contributed by atoms with van der Waals surface area (Å²) in [6, 6.07) is 9.10. The third-order valence-electron chi connectivity index (χ3n) is 3.63. The van der Waals surface area contributed by atoms with Crippen LogP contribution in [0.2, 0.25) is 0 Å². The van der Waals surface area contributed by atoms with E-state index in [2.05, 4.69) is 20.6 Å². The van der Waals surface area contributed by atoms with Gasteiger partial charge in [-0.15, -0.1) is 0 Å². The van der Waals surface area contributed by atoms with Gasteiger partial charge in [-0.25, -0.2) is 9.37 Å². The summed E-state index contributed by atoms with van der Waals surface area (Å²) in [6.45, 7) is 2.99. The summed E-state index contributed by atoms with van der Waals surface area (Å²) in [5.41, 5.74) is 2.77. The minimum absolute atomic E-state index is 0.185. The molecule has 2 N–H and O–H groups in total. The second-order valence-corrected chi connectivity index (χ2v) is 5.78. The fourth-order valence-corrected chi connectivity index (χ4v) is 2.22. The van der Waals surface area contributed by atoms with Gasteiger partial charge < -0.3 is 15.5 Å². The van der Waals surface area contributed by atoms with Crippen LogP contribution in [0.1, 0.15) is 16.7 Å². The number of guanidine groups is 1. The number of anilines is 1. The smallest absolute Gasteiger partial charge is 0.191 e. The lowest BCUT2D eigenvalue weighted by molar-refractivity contribution is 0.617. The number of pyridine rings is 1. The van der Waals surface area contributed by atoms with Crippen LogP contribution in [0.25, 0.3) is 0 Å². The molecule has 0 bridgehead atoms. The summed E-state index contributed by atoms with van der Waals surface area (Å²) < 4.78 is 13.3. The first-order valence-electron chi connectivity index (χ1n) is 7.81. The van der Waals surface area contributed by atoms with Crippen LogP contribution < -0.4 is 15.5 Å². The number of hydrogen-bond acceptors (Lipinski definition) is 3. The number of aliphatic imine (C=N–C) groups is 1. The maximum atomic E-state index is 13.3. The number of nitrogens with zero attached hydrogens (tertiary/aromatic N) is 3. The molecule has 128 valence electrons. The molecule has 1 aromatic heterocycles. The van der Waals surface area contributed by atoms with Gasteiger partial charge in [0.25, 0.3) is 0 Å². The highest BCUT2D eigenvalue weighted by molar-refractivity contribution is 5.79. The van der Waals surface area contributed by atoms with Gasteiger partial charge in [0, 0.05) is 40.4 Å². The Kier molecular flexibility index (Phi) is 6.12. The Balaban J connectivity index is 1.90. The standard InChI is InChI=1S/C18H24FN5/c1-13-9-14(5-6-16(13)19)11-22-18(20-2)23-12-15-7-8-21-17(10-15)24(3)4/h5-10H,11-12H2,1-4H3,(H2,20,22,23). The van der Waals surface area contributed by atoms with Crippen LogP contribution in [-0.2, 0) is 13.1 Å². The highest BCUT2D eigenvalue weighted by Crippen LogP contribution is 2.10. The summed E-state index contributed by atoms with van der Waals surface area (Å²) in [5.74, 6) is 1.43. The number of nitrogens with one attached hydrogen (secondary N) is 2. The van der Waals surface area contributed by atoms with Gasteiger partial charge in [-0.3, -0.25) is 4.99 Å². The molecule has 0 aliphatic carbocycles. The summed E-state index contributed by atoms with van der Waals surface area (Å²) in [7, 11) is 5.65. The van der Waals surface area contributed by atoms with Crippen LogP contribution in [0.3, 0.4) is 0 Å². The van der Waals surface area contributed by atoms with Gasteiger partial charge in [0.15, 0.2) is 5.96 Å². The van der Waals surface area contributed by atoms with E-state index < -0.39 is 0 Å². The average molecular weight is 329 g/mol. The maximum absolute atomic E-state index is 13.3. The zero-order valence-electron chi connectivity index (χ0n) is 14.6. The maximum Gasteiger partial charge on any atom is 0.191 e. The Morgan fingerprint density at radius 1 is 1.12 bits per heavy atom. The van der Waals surface area contributed by atoms with Gasteiger partial charge in [-0.1, -0.05) is 12.1 Å². The Morgan fingerprint density at radius 2 is 1.79 bits per heavy atom. The number of halogens is 1. The van der Waals surface area contributed by atoms with E-state index in [1.54, 1.807) is 26.2 Å². The molecule has 0 fully saturated rings. The summed E-state index contributed by atoms with van der Waals surface area (Å²) in [5, 5.41) is 6.50. The van der Waals surface area contributed by atoms with E-state index in [0.29, 0.717) is 24.6 Å². The van der Waals surface area contributed by atoms with Crippen molar-refractivity contribution < 1.29 is 4.39 Å².